The van der Waals surface area contributed by atoms with Crippen molar-refractivity contribution >= 4 is 39.6 Å². The van der Waals surface area contributed by atoms with E-state index >= 15 is 0 Å². The highest BCUT2D eigenvalue weighted by atomic mass is 32.1. The molecule has 8 nitrogen and oxygen atoms in total. The zero-order valence-corrected chi connectivity index (χ0v) is 15.5. The van der Waals surface area contributed by atoms with E-state index in [4.69, 9.17) is 10.5 Å². The van der Waals surface area contributed by atoms with E-state index in [2.05, 4.69) is 0 Å². The molecule has 1 heterocycles. The molecule has 3 aromatic rings. The molecule has 2 N–H and O–H groups in total. The van der Waals surface area contributed by atoms with Crippen LogP contribution in [0.3, 0.4) is 0 Å². The summed E-state index contributed by atoms with van der Waals surface area (Å²) in [6.07, 6.45) is 0. The van der Waals surface area contributed by atoms with E-state index in [1.807, 2.05) is 0 Å². The second-order valence-corrected chi connectivity index (χ2v) is 7.17. The first kappa shape index (κ1) is 18.5. The molecule has 0 saturated carbocycles. The number of ketones is 2. The van der Waals surface area contributed by atoms with E-state index < -0.39 is 16.7 Å². The Morgan fingerprint density at radius 3 is 2.41 bits per heavy atom. The summed E-state index contributed by atoms with van der Waals surface area (Å²) in [5, 5.41) is 12.2. The molecule has 0 saturated heterocycles. The number of rotatable bonds is 4. The molecule has 1 aromatic heterocycles. The molecule has 144 valence electrons. The molecule has 0 fully saturated rings. The van der Waals surface area contributed by atoms with Crippen LogP contribution in [0.2, 0.25) is 0 Å². The number of nitrogen functional groups attached to an aromatic ring is 1. The topological polar surface area (TPSA) is 130 Å². The van der Waals surface area contributed by atoms with Crippen LogP contribution in [-0.2, 0) is 11.3 Å². The van der Waals surface area contributed by atoms with Crippen molar-refractivity contribution in [3.05, 3.63) is 91.3 Å². The van der Waals surface area contributed by atoms with Crippen LogP contribution in [-0.4, -0.2) is 22.5 Å². The summed E-state index contributed by atoms with van der Waals surface area (Å²) in [4.78, 5) is 48.2. The maximum Gasteiger partial charge on any atom is 0.340 e. The van der Waals surface area contributed by atoms with Gasteiger partial charge in [0.1, 0.15) is 6.61 Å². The molecule has 0 bridgehead atoms. The number of carbonyl (C=O) groups is 3. The molecule has 29 heavy (non-hydrogen) atoms. The average Bonchev–Trinajstić information content (AvgIpc) is 3.19. The Bertz CT molecular complexity index is 1210. The van der Waals surface area contributed by atoms with Crippen molar-refractivity contribution in [2.75, 3.05) is 5.73 Å². The highest BCUT2D eigenvalue weighted by Gasteiger charge is 2.33. The Kier molecular flexibility index (Phi) is 4.44. The minimum atomic E-state index is -0.793. The zero-order chi connectivity index (χ0) is 20.7. The first-order valence-corrected chi connectivity index (χ1v) is 9.26. The predicted octanol–water partition coefficient (Wildman–Crippen LogP) is 3.37. The van der Waals surface area contributed by atoms with E-state index in [-0.39, 0.29) is 45.3 Å². The maximum atomic E-state index is 12.8. The normalized spacial score (nSPS) is 12.3. The van der Waals surface area contributed by atoms with Gasteiger partial charge in [-0.15, -0.1) is 0 Å². The highest BCUT2D eigenvalue weighted by Crippen LogP contribution is 2.33. The number of nitrogens with two attached hydrogens (primary N) is 1. The lowest BCUT2D eigenvalue weighted by Crippen LogP contribution is -2.24. The van der Waals surface area contributed by atoms with Gasteiger partial charge in [-0.3, -0.25) is 19.7 Å². The Hall–Kier alpha value is -3.85. The Balaban J connectivity index is 1.62. The van der Waals surface area contributed by atoms with E-state index in [0.29, 0.717) is 11.1 Å². The van der Waals surface area contributed by atoms with Crippen LogP contribution < -0.4 is 5.73 Å². The number of hydrogen-bond donors (Lipinski definition) is 1. The van der Waals surface area contributed by atoms with E-state index in [1.54, 1.807) is 18.2 Å². The van der Waals surface area contributed by atoms with Crippen molar-refractivity contribution in [2.45, 2.75) is 6.61 Å². The van der Waals surface area contributed by atoms with Gasteiger partial charge in [0.25, 0.3) is 0 Å². The third-order valence-corrected chi connectivity index (χ3v) is 5.47. The molecule has 1 aliphatic carbocycles. The smallest absolute Gasteiger partial charge is 0.340 e. The number of ether oxygens (including phenoxy) is 1. The molecule has 1 aliphatic rings. The van der Waals surface area contributed by atoms with Gasteiger partial charge in [-0.05, 0) is 12.1 Å². The molecule has 0 unspecified atom stereocenters. The van der Waals surface area contributed by atoms with Crippen LogP contribution in [0.4, 0.5) is 10.7 Å². The Morgan fingerprint density at radius 2 is 1.76 bits per heavy atom. The van der Waals surface area contributed by atoms with Crippen molar-refractivity contribution in [3.63, 3.8) is 0 Å². The number of anilines is 1. The first-order chi connectivity index (χ1) is 13.9. The number of hydrogen-bond acceptors (Lipinski definition) is 8. The standard InChI is InChI=1S/C20H12N2O6S/c21-17-14(20(25)28-8-10-7-15(22(26)27)29-9-10)6-5-13-16(17)19(24)12-4-2-1-3-11(12)18(13)23/h1-7,9H,8,21H2. The minimum Gasteiger partial charge on any atom is -0.457 e. The van der Waals surface area contributed by atoms with Crippen LogP contribution in [0.5, 0.6) is 0 Å². The summed E-state index contributed by atoms with van der Waals surface area (Å²) in [6, 6.07) is 10.4. The van der Waals surface area contributed by atoms with Gasteiger partial charge in [-0.25, -0.2) is 4.79 Å². The summed E-state index contributed by atoms with van der Waals surface area (Å²) in [7, 11) is 0. The van der Waals surface area contributed by atoms with Crippen LogP contribution >= 0.6 is 11.3 Å². The van der Waals surface area contributed by atoms with Crippen molar-refractivity contribution in [1.29, 1.82) is 0 Å². The largest absolute Gasteiger partial charge is 0.457 e. The van der Waals surface area contributed by atoms with E-state index in [9.17, 15) is 24.5 Å². The first-order valence-electron chi connectivity index (χ1n) is 8.38. The monoisotopic (exact) mass is 408 g/mol. The van der Waals surface area contributed by atoms with Gasteiger partial charge in [0.05, 0.1) is 21.7 Å². The highest BCUT2D eigenvalue weighted by molar-refractivity contribution is 7.13. The fraction of sp³-hybridized carbons (Fsp3) is 0.0500. The van der Waals surface area contributed by atoms with Gasteiger partial charge in [-0.1, -0.05) is 35.6 Å². The third-order valence-electron chi connectivity index (χ3n) is 4.54. The molecular formula is C20H12N2O6S. The molecular weight excluding hydrogens is 396 g/mol. The van der Waals surface area contributed by atoms with E-state index in [1.165, 1.54) is 29.6 Å². The lowest BCUT2D eigenvalue weighted by Gasteiger charge is -2.20. The summed E-state index contributed by atoms with van der Waals surface area (Å²) >= 11 is 0.924. The molecule has 2 aromatic carbocycles. The van der Waals surface area contributed by atoms with Crippen molar-refractivity contribution in [2.24, 2.45) is 0 Å². The van der Waals surface area contributed by atoms with Gasteiger partial charge < -0.3 is 10.5 Å². The predicted molar refractivity (Wildman–Crippen MR) is 104 cm³/mol. The van der Waals surface area contributed by atoms with Crippen LogP contribution in [0.15, 0.2) is 47.8 Å². The summed E-state index contributed by atoms with van der Waals surface area (Å²) < 4.78 is 5.18. The van der Waals surface area contributed by atoms with Gasteiger partial charge in [0.2, 0.25) is 0 Å². The zero-order valence-electron chi connectivity index (χ0n) is 14.7. The molecule has 0 amide bonds. The van der Waals surface area contributed by atoms with E-state index in [0.717, 1.165) is 11.3 Å². The number of esters is 1. The van der Waals surface area contributed by atoms with Crippen molar-refractivity contribution in [1.82, 2.24) is 0 Å². The minimum absolute atomic E-state index is 0.0191. The number of nitro groups is 1. The summed E-state index contributed by atoms with van der Waals surface area (Å²) in [5.74, 6) is -1.57. The summed E-state index contributed by atoms with van der Waals surface area (Å²) in [6.45, 7) is -0.185. The van der Waals surface area contributed by atoms with Crippen LogP contribution in [0, 0.1) is 10.1 Å². The molecule has 0 radical (unpaired) electrons. The fourth-order valence-corrected chi connectivity index (χ4v) is 3.86. The quantitative estimate of drug-likeness (QED) is 0.237. The van der Waals surface area contributed by atoms with Crippen LogP contribution in [0.25, 0.3) is 0 Å². The van der Waals surface area contributed by atoms with Crippen molar-refractivity contribution in [3.8, 4) is 0 Å². The van der Waals surface area contributed by atoms with Crippen molar-refractivity contribution < 1.29 is 24.0 Å². The maximum absolute atomic E-state index is 12.8. The second-order valence-electron chi connectivity index (χ2n) is 6.28. The number of thiophene rings is 1. The van der Waals surface area contributed by atoms with Gasteiger partial charge in [0.15, 0.2) is 11.6 Å². The number of fused-ring (bicyclic) bond motifs is 2. The Labute approximate surface area is 167 Å². The lowest BCUT2D eigenvalue weighted by molar-refractivity contribution is -0.380. The average molecular weight is 408 g/mol. The molecule has 4 rings (SSSR count). The molecule has 9 heteroatoms. The SMILES string of the molecule is Nc1c(C(=O)OCc2csc([N+](=O)[O-])c2)ccc2c1C(=O)c1ccccc1C2=O. The second kappa shape index (κ2) is 6.95. The summed E-state index contributed by atoms with van der Waals surface area (Å²) in [5.41, 5.74) is 6.99. The van der Waals surface area contributed by atoms with Gasteiger partial charge in [0, 0.05) is 33.7 Å². The fourth-order valence-electron chi connectivity index (χ4n) is 3.15. The van der Waals surface area contributed by atoms with Gasteiger partial charge >= 0.3 is 11.0 Å². The molecule has 0 aliphatic heterocycles. The number of nitrogens with zero attached hydrogens (tertiary/aromatic N) is 1. The van der Waals surface area contributed by atoms with Gasteiger partial charge in [-0.2, -0.15) is 0 Å². The molecule has 0 spiro atoms. The lowest BCUT2D eigenvalue weighted by atomic mass is 9.82. The third kappa shape index (κ3) is 3.07. The molecule has 0 atom stereocenters. The van der Waals surface area contributed by atoms with Crippen LogP contribution in [0.1, 0.15) is 47.8 Å². The number of carbonyl (C=O) groups excluding carboxylic acids is 3. The Morgan fingerprint density at radius 1 is 1.07 bits per heavy atom. The number of benzene rings is 2.